The molecule has 0 bridgehead atoms. The van der Waals surface area contributed by atoms with E-state index in [0.29, 0.717) is 22.6 Å². The summed E-state index contributed by atoms with van der Waals surface area (Å²) in [5.74, 6) is 0.404. The number of carbonyl (C=O) groups is 1. The molecule has 3 rings (SSSR count). The Hall–Kier alpha value is -2.13. The summed E-state index contributed by atoms with van der Waals surface area (Å²) in [6.07, 6.45) is 0. The summed E-state index contributed by atoms with van der Waals surface area (Å²) in [5.41, 5.74) is 2.44. The number of nitrogens with zero attached hydrogens (tertiary/aromatic N) is 1. The third-order valence-corrected chi connectivity index (χ3v) is 2.87. The fourth-order valence-corrected chi connectivity index (χ4v) is 1.99. The Morgan fingerprint density at radius 2 is 1.78 bits per heavy atom. The van der Waals surface area contributed by atoms with E-state index in [1.165, 1.54) is 0 Å². The first-order valence-corrected chi connectivity index (χ1v) is 5.78. The molecule has 0 unspecified atom stereocenters. The lowest BCUT2D eigenvalue weighted by Gasteiger charge is -2.00. The lowest BCUT2D eigenvalue weighted by atomic mass is 10.1. The molecule has 4 heteroatoms. The maximum absolute atomic E-state index is 11.4. The van der Waals surface area contributed by atoms with Gasteiger partial charge in [-0.3, -0.25) is 4.79 Å². The van der Waals surface area contributed by atoms with Crippen molar-refractivity contribution in [2.75, 3.05) is 0 Å². The van der Waals surface area contributed by atoms with Crippen molar-refractivity contribution in [3.05, 3.63) is 54.1 Å². The molecule has 88 valence electrons. The maximum Gasteiger partial charge on any atom is 0.253 e. The van der Waals surface area contributed by atoms with E-state index in [4.69, 9.17) is 16.0 Å². The van der Waals surface area contributed by atoms with Gasteiger partial charge in [0.05, 0.1) is 0 Å². The van der Waals surface area contributed by atoms with Crippen molar-refractivity contribution in [2.24, 2.45) is 0 Å². The van der Waals surface area contributed by atoms with Crippen LogP contribution in [0.2, 0.25) is 0 Å². The van der Waals surface area contributed by atoms with E-state index in [0.717, 1.165) is 5.52 Å². The molecule has 3 aromatic rings. The Morgan fingerprint density at radius 3 is 2.56 bits per heavy atom. The van der Waals surface area contributed by atoms with Crippen molar-refractivity contribution in [1.29, 1.82) is 0 Å². The number of halogens is 1. The second-order valence-corrected chi connectivity index (χ2v) is 4.15. The Labute approximate surface area is 108 Å². The van der Waals surface area contributed by atoms with E-state index in [1.54, 1.807) is 18.2 Å². The highest BCUT2D eigenvalue weighted by atomic mass is 35.5. The number of carbonyl (C=O) groups excluding carboxylic acids is 1. The lowest BCUT2D eigenvalue weighted by Crippen LogP contribution is -1.92. The quantitative estimate of drug-likeness (QED) is 0.655. The number of hydrogen-bond donors (Lipinski definition) is 0. The molecule has 0 aliphatic rings. The largest absolute Gasteiger partial charge is 0.436 e. The Bertz CT molecular complexity index is 700. The van der Waals surface area contributed by atoms with Gasteiger partial charge in [0, 0.05) is 11.1 Å². The Balaban J connectivity index is 2.23. The normalized spacial score (nSPS) is 10.7. The zero-order valence-corrected chi connectivity index (χ0v) is 10.0. The zero-order valence-electron chi connectivity index (χ0n) is 9.26. The number of rotatable bonds is 2. The first kappa shape index (κ1) is 11.0. The molecule has 1 heterocycles. The van der Waals surface area contributed by atoms with Gasteiger partial charge in [-0.2, -0.15) is 0 Å². The Morgan fingerprint density at radius 1 is 1.06 bits per heavy atom. The van der Waals surface area contributed by atoms with Crippen molar-refractivity contribution in [2.45, 2.75) is 0 Å². The van der Waals surface area contributed by atoms with Gasteiger partial charge in [0.25, 0.3) is 5.24 Å². The summed E-state index contributed by atoms with van der Waals surface area (Å²) < 4.78 is 5.62. The molecular weight excluding hydrogens is 250 g/mol. The molecule has 1 aromatic heterocycles. The first-order valence-electron chi connectivity index (χ1n) is 5.40. The molecule has 3 nitrogen and oxygen atoms in total. The van der Waals surface area contributed by atoms with Gasteiger partial charge in [0.15, 0.2) is 5.58 Å². The maximum atomic E-state index is 11.4. The molecular formula is C14H8ClNO2. The van der Waals surface area contributed by atoms with Gasteiger partial charge >= 0.3 is 0 Å². The lowest BCUT2D eigenvalue weighted by molar-refractivity contribution is 0.108. The van der Waals surface area contributed by atoms with Crippen LogP contribution < -0.4 is 0 Å². The molecule has 0 atom stereocenters. The van der Waals surface area contributed by atoms with Crippen molar-refractivity contribution in [3.8, 4) is 11.5 Å². The van der Waals surface area contributed by atoms with Crippen molar-refractivity contribution in [3.63, 3.8) is 0 Å². The predicted octanol–water partition coefficient (Wildman–Crippen LogP) is 3.87. The molecule has 0 N–H and O–H groups in total. The van der Waals surface area contributed by atoms with Crippen LogP contribution in [0.4, 0.5) is 0 Å². The van der Waals surface area contributed by atoms with Crippen LogP contribution >= 0.6 is 11.6 Å². The number of fused-ring (bicyclic) bond motifs is 1. The van der Waals surface area contributed by atoms with Gasteiger partial charge in [-0.1, -0.05) is 24.3 Å². The molecule has 0 amide bonds. The van der Waals surface area contributed by atoms with Crippen LogP contribution in [0.1, 0.15) is 10.4 Å². The third-order valence-electron chi connectivity index (χ3n) is 2.66. The van der Waals surface area contributed by atoms with Crippen molar-refractivity contribution >= 4 is 27.9 Å². The molecule has 2 aromatic carbocycles. The van der Waals surface area contributed by atoms with E-state index >= 15 is 0 Å². The van der Waals surface area contributed by atoms with Gasteiger partial charge in [-0.05, 0) is 35.9 Å². The van der Waals surface area contributed by atoms with Crippen molar-refractivity contribution < 1.29 is 9.21 Å². The predicted molar refractivity (Wildman–Crippen MR) is 69.6 cm³/mol. The van der Waals surface area contributed by atoms with Crippen LogP contribution in [0.15, 0.2) is 52.9 Å². The fourth-order valence-electron chi connectivity index (χ4n) is 1.83. The summed E-state index contributed by atoms with van der Waals surface area (Å²) in [6.45, 7) is 0. The van der Waals surface area contributed by atoms with Crippen LogP contribution in [0.5, 0.6) is 0 Å². The van der Waals surface area contributed by atoms with Crippen LogP contribution in [-0.4, -0.2) is 10.2 Å². The van der Waals surface area contributed by atoms with Gasteiger partial charge in [-0.25, -0.2) is 4.98 Å². The molecule has 0 spiro atoms. The number of para-hydroxylation sites is 2. The average molecular weight is 258 g/mol. The number of oxazole rings is 1. The van der Waals surface area contributed by atoms with Crippen LogP contribution in [-0.2, 0) is 0 Å². The van der Waals surface area contributed by atoms with Gasteiger partial charge in [0.2, 0.25) is 5.89 Å². The highest BCUT2D eigenvalue weighted by molar-refractivity contribution is 6.68. The van der Waals surface area contributed by atoms with E-state index in [-0.39, 0.29) is 0 Å². The minimum absolute atomic E-state index is 0.394. The number of hydrogen-bond acceptors (Lipinski definition) is 3. The summed E-state index contributed by atoms with van der Waals surface area (Å²) >= 11 is 5.55. The molecule has 18 heavy (non-hydrogen) atoms. The highest BCUT2D eigenvalue weighted by Gasteiger charge is 2.14. The summed E-state index contributed by atoms with van der Waals surface area (Å²) in [6, 6.07) is 14.4. The van der Waals surface area contributed by atoms with Crippen LogP contribution in [0, 0.1) is 0 Å². The average Bonchev–Trinajstić information content (AvgIpc) is 2.82. The van der Waals surface area contributed by atoms with E-state index in [1.807, 2.05) is 30.3 Å². The topological polar surface area (TPSA) is 43.1 Å². The summed E-state index contributed by atoms with van der Waals surface area (Å²) in [7, 11) is 0. The summed E-state index contributed by atoms with van der Waals surface area (Å²) in [4.78, 5) is 15.7. The molecule has 0 radical (unpaired) electrons. The minimum atomic E-state index is -0.521. The number of benzene rings is 2. The molecule has 0 aliphatic heterocycles. The smallest absolute Gasteiger partial charge is 0.253 e. The molecule has 0 aliphatic carbocycles. The van der Waals surface area contributed by atoms with Gasteiger partial charge in [-0.15, -0.1) is 0 Å². The van der Waals surface area contributed by atoms with E-state index < -0.39 is 5.24 Å². The fraction of sp³-hybridized carbons (Fsp3) is 0. The van der Waals surface area contributed by atoms with Gasteiger partial charge < -0.3 is 4.42 Å². The second-order valence-electron chi connectivity index (χ2n) is 3.81. The first-order chi connectivity index (χ1) is 8.75. The highest BCUT2D eigenvalue weighted by Crippen LogP contribution is 2.27. The molecule has 0 saturated carbocycles. The van der Waals surface area contributed by atoms with Crippen LogP contribution in [0.3, 0.4) is 0 Å². The SMILES string of the molecule is O=C(Cl)c1ccccc1-c1nc2ccccc2o1. The second kappa shape index (κ2) is 4.27. The van der Waals surface area contributed by atoms with Crippen molar-refractivity contribution in [1.82, 2.24) is 4.98 Å². The molecule has 0 saturated heterocycles. The van der Waals surface area contributed by atoms with Crippen LogP contribution in [0.25, 0.3) is 22.6 Å². The third kappa shape index (κ3) is 1.79. The monoisotopic (exact) mass is 257 g/mol. The van der Waals surface area contributed by atoms with E-state index in [2.05, 4.69) is 4.98 Å². The zero-order chi connectivity index (χ0) is 12.5. The van der Waals surface area contributed by atoms with E-state index in [9.17, 15) is 4.79 Å². The van der Waals surface area contributed by atoms with Gasteiger partial charge in [0.1, 0.15) is 5.52 Å². The minimum Gasteiger partial charge on any atom is -0.436 e. The number of aromatic nitrogens is 1. The standard InChI is InChI=1S/C14H8ClNO2/c15-13(17)9-5-1-2-6-10(9)14-16-11-7-3-4-8-12(11)18-14/h1-8H. The summed E-state index contributed by atoms with van der Waals surface area (Å²) in [5, 5.41) is -0.521. The molecule has 0 fully saturated rings. The Kier molecular flexibility index (Phi) is 2.61.